The van der Waals surface area contributed by atoms with Crippen LogP contribution >= 0.6 is 0 Å². The second-order valence-electron chi connectivity index (χ2n) is 4.37. The van der Waals surface area contributed by atoms with Crippen LogP contribution in [0.4, 0.5) is 0 Å². The number of furan rings is 1. The highest BCUT2D eigenvalue weighted by Crippen LogP contribution is 2.26. The Balaban J connectivity index is 2.17. The van der Waals surface area contributed by atoms with Crippen LogP contribution in [0.3, 0.4) is 0 Å². The van der Waals surface area contributed by atoms with Gasteiger partial charge in [0, 0.05) is 17.2 Å². The molecule has 0 saturated carbocycles. The molecule has 0 saturated heterocycles. The van der Waals surface area contributed by atoms with Gasteiger partial charge in [0.2, 0.25) is 0 Å². The van der Waals surface area contributed by atoms with Gasteiger partial charge in [0.05, 0.1) is 11.7 Å². The number of rotatable bonds is 3. The molecule has 2 aromatic heterocycles. The van der Waals surface area contributed by atoms with E-state index in [1.807, 2.05) is 24.4 Å². The molecule has 0 bridgehead atoms. The Morgan fingerprint density at radius 1 is 1.18 bits per heavy atom. The van der Waals surface area contributed by atoms with Crippen LogP contribution in [0.2, 0.25) is 0 Å². The molecule has 0 unspecified atom stereocenters. The lowest BCUT2D eigenvalue weighted by Gasteiger charge is -1.95. The van der Waals surface area contributed by atoms with Gasteiger partial charge in [-0.3, -0.25) is 4.98 Å². The van der Waals surface area contributed by atoms with Crippen molar-refractivity contribution in [3.63, 3.8) is 0 Å². The Labute approximate surface area is 100 Å². The Morgan fingerprint density at radius 2 is 2.06 bits per heavy atom. The Morgan fingerprint density at radius 3 is 2.94 bits per heavy atom. The molecule has 0 atom stereocenters. The van der Waals surface area contributed by atoms with Gasteiger partial charge in [-0.1, -0.05) is 31.5 Å². The first-order chi connectivity index (χ1) is 8.38. The van der Waals surface area contributed by atoms with E-state index in [-0.39, 0.29) is 0 Å². The monoisotopic (exact) mass is 225 g/mol. The van der Waals surface area contributed by atoms with Crippen molar-refractivity contribution in [2.45, 2.75) is 26.2 Å². The maximum absolute atomic E-state index is 5.82. The molecule has 3 rings (SSSR count). The molecule has 17 heavy (non-hydrogen) atoms. The Bertz CT molecular complexity index is 654. The van der Waals surface area contributed by atoms with E-state index in [1.165, 1.54) is 23.6 Å². The lowest BCUT2D eigenvalue weighted by molar-refractivity contribution is 0.536. The summed E-state index contributed by atoms with van der Waals surface area (Å²) in [7, 11) is 0. The predicted molar refractivity (Wildman–Crippen MR) is 70.1 cm³/mol. The fraction of sp³-hybridized carbons (Fsp3) is 0.267. The quantitative estimate of drug-likeness (QED) is 0.663. The van der Waals surface area contributed by atoms with E-state index >= 15 is 0 Å². The molecular weight excluding hydrogens is 210 g/mol. The van der Waals surface area contributed by atoms with E-state index in [2.05, 4.69) is 24.0 Å². The minimum absolute atomic E-state index is 0.898. The molecule has 0 aliphatic heterocycles. The van der Waals surface area contributed by atoms with Gasteiger partial charge in [-0.2, -0.15) is 0 Å². The summed E-state index contributed by atoms with van der Waals surface area (Å²) in [5, 5.41) is 2.36. The van der Waals surface area contributed by atoms with Gasteiger partial charge in [-0.15, -0.1) is 0 Å². The molecular formula is C15H15NO. The van der Waals surface area contributed by atoms with Crippen LogP contribution in [0, 0.1) is 0 Å². The van der Waals surface area contributed by atoms with Crippen LogP contribution in [0.25, 0.3) is 21.9 Å². The molecule has 2 heteroatoms. The van der Waals surface area contributed by atoms with Crippen LogP contribution in [-0.4, -0.2) is 4.98 Å². The van der Waals surface area contributed by atoms with Crippen LogP contribution in [0.15, 0.2) is 40.9 Å². The first-order valence-corrected chi connectivity index (χ1v) is 6.14. The maximum atomic E-state index is 5.82. The first kappa shape index (κ1) is 10.3. The summed E-state index contributed by atoms with van der Waals surface area (Å²) in [5.41, 5.74) is 1.93. The summed E-state index contributed by atoms with van der Waals surface area (Å²) in [6, 6.07) is 10.4. The van der Waals surface area contributed by atoms with Crippen molar-refractivity contribution in [2.75, 3.05) is 0 Å². The van der Waals surface area contributed by atoms with Gasteiger partial charge in [-0.05, 0) is 18.6 Å². The highest BCUT2D eigenvalue weighted by molar-refractivity contribution is 6.03. The fourth-order valence-electron chi connectivity index (χ4n) is 2.18. The molecule has 2 heterocycles. The van der Waals surface area contributed by atoms with Gasteiger partial charge in [0.1, 0.15) is 5.76 Å². The minimum atomic E-state index is 0.898. The first-order valence-electron chi connectivity index (χ1n) is 6.14. The van der Waals surface area contributed by atoms with Crippen LogP contribution in [0.1, 0.15) is 25.5 Å². The van der Waals surface area contributed by atoms with Crippen molar-refractivity contribution in [3.05, 3.63) is 42.3 Å². The van der Waals surface area contributed by atoms with Crippen molar-refractivity contribution in [1.82, 2.24) is 4.98 Å². The second-order valence-corrected chi connectivity index (χ2v) is 4.37. The molecule has 2 nitrogen and oxygen atoms in total. The number of benzene rings is 1. The average molecular weight is 225 g/mol. The van der Waals surface area contributed by atoms with E-state index in [0.29, 0.717) is 0 Å². The van der Waals surface area contributed by atoms with Crippen molar-refractivity contribution in [1.29, 1.82) is 0 Å². The molecule has 86 valence electrons. The van der Waals surface area contributed by atoms with E-state index in [9.17, 15) is 0 Å². The van der Waals surface area contributed by atoms with Crippen LogP contribution in [0.5, 0.6) is 0 Å². The average Bonchev–Trinajstić information content (AvgIpc) is 2.79. The third-order valence-corrected chi connectivity index (χ3v) is 3.10. The zero-order valence-electron chi connectivity index (χ0n) is 9.94. The van der Waals surface area contributed by atoms with E-state index in [1.54, 1.807) is 0 Å². The summed E-state index contributed by atoms with van der Waals surface area (Å²) in [6.07, 6.45) is 5.20. The molecule has 0 amide bonds. The van der Waals surface area contributed by atoms with Crippen LogP contribution in [-0.2, 0) is 6.42 Å². The normalized spacial score (nSPS) is 11.4. The number of nitrogens with zero attached hydrogens (tertiary/aromatic N) is 1. The van der Waals surface area contributed by atoms with Gasteiger partial charge in [0.15, 0.2) is 5.58 Å². The van der Waals surface area contributed by atoms with Crippen molar-refractivity contribution >= 4 is 21.9 Å². The summed E-state index contributed by atoms with van der Waals surface area (Å²) < 4.78 is 5.82. The number of pyridine rings is 1. The number of hydrogen-bond donors (Lipinski definition) is 0. The third kappa shape index (κ3) is 1.80. The SMILES string of the molecule is CCCCc1cc2c(cnc3ccccc32)o1. The topological polar surface area (TPSA) is 26.0 Å². The lowest BCUT2D eigenvalue weighted by Crippen LogP contribution is -1.78. The summed E-state index contributed by atoms with van der Waals surface area (Å²) in [4.78, 5) is 4.41. The third-order valence-electron chi connectivity index (χ3n) is 3.10. The molecule has 0 fully saturated rings. The molecule has 0 N–H and O–H groups in total. The molecule has 0 aliphatic rings. The number of hydrogen-bond acceptors (Lipinski definition) is 2. The van der Waals surface area contributed by atoms with E-state index in [0.717, 1.165) is 23.3 Å². The number of aromatic nitrogens is 1. The molecule has 3 aromatic rings. The highest BCUT2D eigenvalue weighted by Gasteiger charge is 2.07. The predicted octanol–water partition coefficient (Wildman–Crippen LogP) is 4.32. The van der Waals surface area contributed by atoms with Gasteiger partial charge < -0.3 is 4.42 Å². The number of aryl methyl sites for hydroxylation is 1. The van der Waals surface area contributed by atoms with E-state index in [4.69, 9.17) is 4.42 Å². The van der Waals surface area contributed by atoms with Gasteiger partial charge in [0.25, 0.3) is 0 Å². The van der Waals surface area contributed by atoms with Crippen molar-refractivity contribution in [2.24, 2.45) is 0 Å². The van der Waals surface area contributed by atoms with Gasteiger partial charge >= 0.3 is 0 Å². The Kier molecular flexibility index (Phi) is 2.56. The van der Waals surface area contributed by atoms with Gasteiger partial charge in [-0.25, -0.2) is 0 Å². The lowest BCUT2D eigenvalue weighted by atomic mass is 10.1. The number of para-hydroxylation sites is 1. The molecule has 1 aromatic carbocycles. The zero-order valence-corrected chi connectivity index (χ0v) is 9.94. The van der Waals surface area contributed by atoms with E-state index < -0.39 is 0 Å². The second kappa shape index (κ2) is 4.21. The maximum Gasteiger partial charge on any atom is 0.153 e. The highest BCUT2D eigenvalue weighted by atomic mass is 16.3. The summed E-state index contributed by atoms with van der Waals surface area (Å²) in [6.45, 7) is 2.19. The van der Waals surface area contributed by atoms with Crippen molar-refractivity contribution in [3.8, 4) is 0 Å². The fourth-order valence-corrected chi connectivity index (χ4v) is 2.18. The number of fused-ring (bicyclic) bond motifs is 3. The van der Waals surface area contributed by atoms with Crippen molar-refractivity contribution < 1.29 is 4.42 Å². The molecule has 0 aliphatic carbocycles. The Hall–Kier alpha value is -1.83. The minimum Gasteiger partial charge on any atom is -0.459 e. The molecule has 0 radical (unpaired) electrons. The van der Waals surface area contributed by atoms with Crippen LogP contribution < -0.4 is 0 Å². The summed E-state index contributed by atoms with van der Waals surface area (Å²) in [5.74, 6) is 1.07. The largest absolute Gasteiger partial charge is 0.459 e. The zero-order chi connectivity index (χ0) is 11.7. The molecule has 0 spiro atoms. The number of unbranched alkanes of at least 4 members (excludes halogenated alkanes) is 1. The summed E-state index contributed by atoms with van der Waals surface area (Å²) >= 11 is 0. The standard InChI is InChI=1S/C15H15NO/c1-2-3-6-11-9-13-12-7-4-5-8-14(12)16-10-15(13)17-11/h4-5,7-10H,2-3,6H2,1H3. The smallest absolute Gasteiger partial charge is 0.153 e.